The zero-order valence-corrected chi connectivity index (χ0v) is 6.67. The average Bonchev–Trinajstić information content (AvgIpc) is 2.50. The summed E-state index contributed by atoms with van der Waals surface area (Å²) in [6, 6.07) is 8.81. The summed E-state index contributed by atoms with van der Waals surface area (Å²) in [4.78, 5) is 3.13. The molecule has 2 nitrogen and oxygen atoms in total. The second-order valence-corrected chi connectivity index (χ2v) is 2.76. The largest absolute Gasteiger partial charge is 0.396 e. The van der Waals surface area contributed by atoms with Crippen LogP contribution in [-0.2, 0) is 6.42 Å². The van der Waals surface area contributed by atoms with Gasteiger partial charge in [-0.25, -0.2) is 0 Å². The Morgan fingerprint density at radius 2 is 2.42 bits per heavy atom. The van der Waals surface area contributed by atoms with Crippen LogP contribution in [0.4, 0.5) is 0 Å². The molecule has 0 aliphatic rings. The van der Waals surface area contributed by atoms with Gasteiger partial charge in [-0.05, 0) is 24.1 Å². The van der Waals surface area contributed by atoms with Gasteiger partial charge in [-0.15, -0.1) is 0 Å². The molecular weight excluding hydrogens is 150 g/mol. The van der Waals surface area contributed by atoms with Crippen LogP contribution < -0.4 is 0 Å². The molecule has 1 aromatic heterocycles. The van der Waals surface area contributed by atoms with Gasteiger partial charge < -0.3 is 10.1 Å². The number of hydrogen-bond donors (Lipinski definition) is 2. The van der Waals surface area contributed by atoms with Crippen molar-refractivity contribution in [2.45, 2.75) is 6.42 Å². The molecule has 2 rings (SSSR count). The van der Waals surface area contributed by atoms with Gasteiger partial charge in [0, 0.05) is 23.7 Å². The van der Waals surface area contributed by atoms with Crippen LogP contribution in [0, 0.1) is 6.07 Å². The number of aliphatic hydroxyl groups is 1. The summed E-state index contributed by atoms with van der Waals surface area (Å²) in [5.41, 5.74) is 2.25. The predicted molar refractivity (Wildman–Crippen MR) is 47.9 cm³/mol. The Bertz CT molecular complexity index is 378. The van der Waals surface area contributed by atoms with Gasteiger partial charge in [0.05, 0.1) is 0 Å². The summed E-state index contributed by atoms with van der Waals surface area (Å²) in [6.45, 7) is 0.200. The van der Waals surface area contributed by atoms with E-state index in [1.807, 2.05) is 24.4 Å². The predicted octanol–water partition coefficient (Wildman–Crippen LogP) is 1.50. The average molecular weight is 160 g/mol. The third-order valence-electron chi connectivity index (χ3n) is 1.99. The van der Waals surface area contributed by atoms with Crippen LogP contribution in [-0.4, -0.2) is 16.7 Å². The third-order valence-corrected chi connectivity index (χ3v) is 1.99. The highest BCUT2D eigenvalue weighted by Crippen LogP contribution is 2.17. The molecule has 2 heteroatoms. The molecule has 0 unspecified atom stereocenters. The molecule has 61 valence electrons. The van der Waals surface area contributed by atoms with Crippen LogP contribution in [0.25, 0.3) is 10.9 Å². The first kappa shape index (κ1) is 7.37. The molecule has 0 aliphatic heterocycles. The normalized spacial score (nSPS) is 10.8. The second kappa shape index (κ2) is 2.99. The summed E-state index contributed by atoms with van der Waals surface area (Å²) in [6.07, 6.45) is 2.65. The molecule has 0 fully saturated rings. The van der Waals surface area contributed by atoms with Crippen molar-refractivity contribution in [3.05, 3.63) is 36.0 Å². The quantitative estimate of drug-likeness (QED) is 0.686. The van der Waals surface area contributed by atoms with Crippen LogP contribution >= 0.6 is 0 Å². The van der Waals surface area contributed by atoms with Crippen LogP contribution in [0.5, 0.6) is 0 Å². The van der Waals surface area contributed by atoms with Crippen LogP contribution in [0.1, 0.15) is 5.56 Å². The molecule has 1 heterocycles. The highest BCUT2D eigenvalue weighted by Gasteiger charge is 2.00. The topological polar surface area (TPSA) is 36.0 Å². The standard InChI is InChI=1S/C10H10NO/c12-6-5-8-7-11-10-4-2-1-3-9(8)10/h1,3-4,7,11-12H,5-6H2. The molecule has 0 spiro atoms. The number of aliphatic hydroxyl groups excluding tert-OH is 1. The second-order valence-electron chi connectivity index (χ2n) is 2.76. The van der Waals surface area contributed by atoms with E-state index in [0.29, 0.717) is 6.42 Å². The lowest BCUT2D eigenvalue weighted by Gasteiger charge is -1.93. The lowest BCUT2D eigenvalue weighted by Crippen LogP contribution is -1.87. The Hall–Kier alpha value is -1.28. The first-order valence-electron chi connectivity index (χ1n) is 3.99. The van der Waals surface area contributed by atoms with E-state index in [1.165, 1.54) is 10.9 Å². The van der Waals surface area contributed by atoms with Crippen molar-refractivity contribution >= 4 is 10.9 Å². The zero-order chi connectivity index (χ0) is 8.39. The Morgan fingerprint density at radius 1 is 1.50 bits per heavy atom. The van der Waals surface area contributed by atoms with E-state index in [4.69, 9.17) is 5.11 Å². The van der Waals surface area contributed by atoms with Gasteiger partial charge >= 0.3 is 0 Å². The number of rotatable bonds is 2. The number of H-pyrrole nitrogens is 1. The summed E-state index contributed by atoms with van der Waals surface area (Å²) in [7, 11) is 0. The fourth-order valence-corrected chi connectivity index (χ4v) is 1.40. The molecule has 0 bridgehead atoms. The van der Waals surface area contributed by atoms with Gasteiger partial charge in [0.15, 0.2) is 0 Å². The smallest absolute Gasteiger partial charge is 0.0472 e. The maximum Gasteiger partial charge on any atom is 0.0472 e. The van der Waals surface area contributed by atoms with Crippen molar-refractivity contribution in [3.8, 4) is 0 Å². The minimum absolute atomic E-state index is 0.200. The number of hydrogen-bond acceptors (Lipinski definition) is 1. The molecule has 12 heavy (non-hydrogen) atoms. The van der Waals surface area contributed by atoms with Crippen molar-refractivity contribution in [2.75, 3.05) is 6.61 Å². The molecule has 0 saturated carbocycles. The molecule has 2 aromatic rings. The lowest BCUT2D eigenvalue weighted by molar-refractivity contribution is 0.300. The molecule has 0 saturated heterocycles. The van der Waals surface area contributed by atoms with E-state index in [2.05, 4.69) is 11.1 Å². The van der Waals surface area contributed by atoms with Crippen molar-refractivity contribution in [1.29, 1.82) is 0 Å². The summed E-state index contributed by atoms with van der Waals surface area (Å²) >= 11 is 0. The fraction of sp³-hybridized carbons (Fsp3) is 0.200. The Labute approximate surface area is 70.8 Å². The minimum Gasteiger partial charge on any atom is -0.396 e. The van der Waals surface area contributed by atoms with Crippen molar-refractivity contribution < 1.29 is 5.11 Å². The van der Waals surface area contributed by atoms with Crippen molar-refractivity contribution in [3.63, 3.8) is 0 Å². The van der Waals surface area contributed by atoms with E-state index >= 15 is 0 Å². The minimum atomic E-state index is 0.200. The highest BCUT2D eigenvalue weighted by molar-refractivity contribution is 5.82. The molecule has 2 N–H and O–H groups in total. The monoisotopic (exact) mass is 160 g/mol. The Morgan fingerprint density at radius 3 is 3.25 bits per heavy atom. The van der Waals surface area contributed by atoms with Gasteiger partial charge in [0.2, 0.25) is 0 Å². The van der Waals surface area contributed by atoms with E-state index in [9.17, 15) is 0 Å². The number of fused-ring (bicyclic) bond motifs is 1. The van der Waals surface area contributed by atoms with Gasteiger partial charge in [-0.2, -0.15) is 0 Å². The van der Waals surface area contributed by atoms with Crippen LogP contribution in [0.3, 0.4) is 0 Å². The Kier molecular flexibility index (Phi) is 1.84. The van der Waals surface area contributed by atoms with Gasteiger partial charge in [0.25, 0.3) is 0 Å². The van der Waals surface area contributed by atoms with E-state index < -0.39 is 0 Å². The highest BCUT2D eigenvalue weighted by atomic mass is 16.2. The fourth-order valence-electron chi connectivity index (χ4n) is 1.40. The molecule has 0 amide bonds. The molecule has 0 atom stereocenters. The molecule has 1 radical (unpaired) electrons. The van der Waals surface area contributed by atoms with Crippen LogP contribution in [0.2, 0.25) is 0 Å². The summed E-state index contributed by atoms with van der Waals surface area (Å²) < 4.78 is 0. The van der Waals surface area contributed by atoms with Gasteiger partial charge in [-0.3, -0.25) is 0 Å². The van der Waals surface area contributed by atoms with E-state index in [-0.39, 0.29) is 6.61 Å². The zero-order valence-electron chi connectivity index (χ0n) is 6.67. The van der Waals surface area contributed by atoms with Crippen molar-refractivity contribution in [1.82, 2.24) is 4.98 Å². The first-order chi connectivity index (χ1) is 5.92. The first-order valence-corrected chi connectivity index (χ1v) is 3.99. The molecule has 1 aromatic carbocycles. The van der Waals surface area contributed by atoms with Gasteiger partial charge in [0.1, 0.15) is 0 Å². The molecular formula is C10H10NO. The van der Waals surface area contributed by atoms with Crippen LogP contribution in [0.15, 0.2) is 24.4 Å². The summed E-state index contributed by atoms with van der Waals surface area (Å²) in [5.74, 6) is 0. The SMILES string of the molecule is OCCc1c[nH]c2c[c]ccc12. The number of aromatic amines is 1. The number of benzene rings is 1. The number of aromatic nitrogens is 1. The van der Waals surface area contributed by atoms with E-state index in [1.54, 1.807) is 0 Å². The number of nitrogens with one attached hydrogen (secondary N) is 1. The Balaban J connectivity index is 2.55. The van der Waals surface area contributed by atoms with E-state index in [0.717, 1.165) is 5.52 Å². The van der Waals surface area contributed by atoms with Gasteiger partial charge in [-0.1, -0.05) is 12.1 Å². The maximum atomic E-state index is 8.78. The van der Waals surface area contributed by atoms with Crippen molar-refractivity contribution in [2.24, 2.45) is 0 Å². The summed E-state index contributed by atoms with van der Waals surface area (Å²) in [5, 5.41) is 9.96. The third kappa shape index (κ3) is 1.10. The molecule has 0 aliphatic carbocycles. The maximum absolute atomic E-state index is 8.78. The lowest BCUT2D eigenvalue weighted by atomic mass is 10.1.